The number of carboxylic acid groups (broad SMARTS) is 1. The fourth-order valence-electron chi connectivity index (χ4n) is 3.02. The van der Waals surface area contributed by atoms with E-state index in [0.29, 0.717) is 18.7 Å². The van der Waals surface area contributed by atoms with Gasteiger partial charge in [-0.05, 0) is 48.4 Å². The number of para-hydroxylation sites is 1. The molecule has 11 heteroatoms. The van der Waals surface area contributed by atoms with E-state index in [2.05, 4.69) is 10.3 Å². The fourth-order valence-corrected chi connectivity index (χ4v) is 4.04. The Hall–Kier alpha value is -4.25. The number of pyridine rings is 1. The van der Waals surface area contributed by atoms with Crippen LogP contribution < -0.4 is 14.8 Å². The molecule has 2 amide bonds. The summed E-state index contributed by atoms with van der Waals surface area (Å²) in [7, 11) is -2.74. The highest BCUT2D eigenvalue weighted by atomic mass is 32.2. The minimum Gasteiger partial charge on any atom is -0.496 e. The van der Waals surface area contributed by atoms with Crippen molar-refractivity contribution in [3.8, 4) is 5.75 Å². The molecule has 0 aliphatic rings. The second-order valence-electron chi connectivity index (χ2n) is 7.02. The Morgan fingerprint density at radius 3 is 2.41 bits per heavy atom. The summed E-state index contributed by atoms with van der Waals surface area (Å²) in [5, 5.41) is 11.6. The third-order valence-corrected chi connectivity index (χ3v) is 6.08. The molecule has 0 saturated heterocycles. The predicted octanol–water partition coefficient (Wildman–Crippen LogP) is 1.88. The number of ether oxygens (including phenoxy) is 1. The van der Waals surface area contributed by atoms with E-state index >= 15 is 0 Å². The molecule has 3 aromatic rings. The minimum atomic E-state index is -4.30. The predicted molar refractivity (Wildman–Crippen MR) is 121 cm³/mol. The summed E-state index contributed by atoms with van der Waals surface area (Å²) in [5.74, 6) is -2.05. The van der Waals surface area contributed by atoms with Crippen molar-refractivity contribution in [2.75, 3.05) is 13.7 Å². The van der Waals surface area contributed by atoms with Gasteiger partial charge in [-0.25, -0.2) is 22.9 Å². The Bertz CT molecular complexity index is 1320. The minimum absolute atomic E-state index is 0.0998. The molecule has 0 spiro atoms. The molecule has 3 N–H and O–H groups in total. The summed E-state index contributed by atoms with van der Waals surface area (Å²) >= 11 is 0. The highest BCUT2D eigenvalue weighted by molar-refractivity contribution is 7.90. The van der Waals surface area contributed by atoms with Gasteiger partial charge < -0.3 is 15.2 Å². The van der Waals surface area contributed by atoms with Crippen LogP contribution in [-0.4, -0.2) is 49.9 Å². The Morgan fingerprint density at radius 2 is 1.74 bits per heavy atom. The number of hydrogen-bond donors (Lipinski definition) is 3. The number of carbonyl (C=O) groups excluding carboxylic acids is 2. The number of nitrogens with one attached hydrogen (secondary N) is 2. The molecule has 0 aliphatic carbocycles. The lowest BCUT2D eigenvalue weighted by atomic mass is 10.1. The smallest absolute Gasteiger partial charge is 0.354 e. The molecule has 1 aromatic heterocycles. The Morgan fingerprint density at radius 1 is 0.971 bits per heavy atom. The average Bonchev–Trinajstić information content (AvgIpc) is 2.84. The maximum Gasteiger partial charge on any atom is 0.354 e. The number of hydrogen-bond acceptors (Lipinski definition) is 7. The van der Waals surface area contributed by atoms with Gasteiger partial charge in [0.25, 0.3) is 21.8 Å². The van der Waals surface area contributed by atoms with E-state index in [0.717, 1.165) is 30.0 Å². The molecular formula is C23H21N3O7S. The molecule has 0 saturated carbocycles. The summed E-state index contributed by atoms with van der Waals surface area (Å²) in [4.78, 5) is 39.0. The number of sulfonamides is 1. The highest BCUT2D eigenvalue weighted by Gasteiger charge is 2.21. The Kier molecular flexibility index (Phi) is 7.59. The quantitative estimate of drug-likeness (QED) is 0.417. The molecule has 1 heterocycles. The molecule has 176 valence electrons. The maximum atomic E-state index is 12.6. The number of carboxylic acids is 1. The third-order valence-electron chi connectivity index (χ3n) is 4.75. The molecule has 0 fully saturated rings. The second kappa shape index (κ2) is 10.6. The van der Waals surface area contributed by atoms with Gasteiger partial charge >= 0.3 is 5.97 Å². The SMILES string of the molecule is COc1ccccc1CCNC(=O)c1cccc(S(=O)(=O)NC(=O)c2ccc(C(=O)O)nc2)c1. The lowest BCUT2D eigenvalue weighted by Gasteiger charge is -2.10. The average molecular weight is 484 g/mol. The van der Waals surface area contributed by atoms with Crippen LogP contribution in [0.2, 0.25) is 0 Å². The van der Waals surface area contributed by atoms with Crippen LogP contribution in [0.3, 0.4) is 0 Å². The number of amides is 2. The number of benzene rings is 2. The van der Waals surface area contributed by atoms with Crippen molar-refractivity contribution in [3.63, 3.8) is 0 Å². The largest absolute Gasteiger partial charge is 0.496 e. The number of nitrogens with zero attached hydrogens (tertiary/aromatic N) is 1. The van der Waals surface area contributed by atoms with Crippen LogP contribution in [0.4, 0.5) is 0 Å². The standard InChI is InChI=1S/C23H21N3O7S/c1-33-20-8-3-2-5-15(20)11-12-24-21(27)16-6-4-7-18(13-16)34(31,32)26-22(28)17-9-10-19(23(29)30)25-14-17/h2-10,13-14H,11-12H2,1H3,(H,24,27)(H,26,28)(H,29,30). The molecule has 34 heavy (non-hydrogen) atoms. The van der Waals surface area contributed by atoms with Gasteiger partial charge in [-0.1, -0.05) is 24.3 Å². The molecule has 0 aliphatic heterocycles. The molecule has 10 nitrogen and oxygen atoms in total. The Labute approximate surface area is 195 Å². The topological polar surface area (TPSA) is 152 Å². The van der Waals surface area contributed by atoms with E-state index in [1.54, 1.807) is 7.11 Å². The second-order valence-corrected chi connectivity index (χ2v) is 8.70. The van der Waals surface area contributed by atoms with Crippen molar-refractivity contribution in [1.29, 1.82) is 0 Å². The first-order chi connectivity index (χ1) is 16.2. The Balaban J connectivity index is 1.66. The number of aromatic nitrogens is 1. The number of carbonyl (C=O) groups is 3. The monoisotopic (exact) mass is 483 g/mol. The van der Waals surface area contributed by atoms with Gasteiger partial charge in [0.2, 0.25) is 0 Å². The van der Waals surface area contributed by atoms with Gasteiger partial charge in [0.15, 0.2) is 0 Å². The van der Waals surface area contributed by atoms with E-state index in [9.17, 15) is 22.8 Å². The first-order valence-corrected chi connectivity index (χ1v) is 11.5. The van der Waals surface area contributed by atoms with Gasteiger partial charge in [-0.15, -0.1) is 0 Å². The van der Waals surface area contributed by atoms with Gasteiger partial charge in [-0.2, -0.15) is 0 Å². The van der Waals surface area contributed by atoms with Crippen molar-refractivity contribution in [3.05, 3.63) is 89.2 Å². The number of aromatic carboxylic acids is 1. The molecule has 0 radical (unpaired) electrons. The van der Waals surface area contributed by atoms with Crippen molar-refractivity contribution in [1.82, 2.24) is 15.0 Å². The third kappa shape index (κ3) is 5.95. The van der Waals surface area contributed by atoms with E-state index in [4.69, 9.17) is 9.84 Å². The molecule has 0 bridgehead atoms. The zero-order valence-corrected chi connectivity index (χ0v) is 18.8. The fraction of sp³-hybridized carbons (Fsp3) is 0.130. The number of rotatable bonds is 9. The van der Waals surface area contributed by atoms with Gasteiger partial charge in [0, 0.05) is 18.3 Å². The number of methoxy groups -OCH3 is 1. The van der Waals surface area contributed by atoms with Crippen LogP contribution in [0.5, 0.6) is 5.75 Å². The summed E-state index contributed by atoms with van der Waals surface area (Å²) < 4.78 is 32.4. The van der Waals surface area contributed by atoms with Crippen LogP contribution in [0.1, 0.15) is 36.8 Å². The zero-order valence-electron chi connectivity index (χ0n) is 18.0. The van der Waals surface area contributed by atoms with Gasteiger partial charge in [-0.3, -0.25) is 9.59 Å². The van der Waals surface area contributed by atoms with Gasteiger partial charge in [0.1, 0.15) is 11.4 Å². The van der Waals surface area contributed by atoms with Crippen molar-refractivity contribution in [2.24, 2.45) is 0 Å². The van der Waals surface area contributed by atoms with E-state index in [1.165, 1.54) is 18.2 Å². The van der Waals surface area contributed by atoms with Crippen molar-refractivity contribution in [2.45, 2.75) is 11.3 Å². The first kappa shape index (κ1) is 24.4. The highest BCUT2D eigenvalue weighted by Crippen LogP contribution is 2.17. The van der Waals surface area contributed by atoms with Crippen LogP contribution >= 0.6 is 0 Å². The first-order valence-electron chi connectivity index (χ1n) is 9.98. The summed E-state index contributed by atoms with van der Waals surface area (Å²) in [6.07, 6.45) is 1.47. The van der Waals surface area contributed by atoms with E-state index in [1.807, 2.05) is 29.0 Å². The zero-order chi connectivity index (χ0) is 24.7. The summed E-state index contributed by atoms with van der Waals surface area (Å²) in [6, 6.07) is 14.9. The lowest BCUT2D eigenvalue weighted by molar-refractivity contribution is 0.0689. The molecule has 0 unspecified atom stereocenters. The van der Waals surface area contributed by atoms with E-state index in [-0.39, 0.29) is 21.7 Å². The molecule has 2 aromatic carbocycles. The van der Waals surface area contributed by atoms with Crippen molar-refractivity contribution >= 4 is 27.8 Å². The summed E-state index contributed by atoms with van der Waals surface area (Å²) in [6.45, 7) is 0.298. The summed E-state index contributed by atoms with van der Waals surface area (Å²) in [5.41, 5.74) is 0.584. The lowest BCUT2D eigenvalue weighted by Crippen LogP contribution is -2.31. The van der Waals surface area contributed by atoms with E-state index < -0.39 is 27.8 Å². The molecule has 0 atom stereocenters. The van der Waals surface area contributed by atoms with Crippen molar-refractivity contribution < 1.29 is 32.6 Å². The maximum absolute atomic E-state index is 12.6. The van der Waals surface area contributed by atoms with Crippen LogP contribution in [-0.2, 0) is 16.4 Å². The molecule has 3 rings (SSSR count). The van der Waals surface area contributed by atoms with Gasteiger partial charge in [0.05, 0.1) is 17.6 Å². The van der Waals surface area contributed by atoms with Crippen LogP contribution in [0, 0.1) is 0 Å². The van der Waals surface area contributed by atoms with Crippen LogP contribution in [0.15, 0.2) is 71.8 Å². The normalized spacial score (nSPS) is 10.9. The molecular weight excluding hydrogens is 462 g/mol. The van der Waals surface area contributed by atoms with Crippen LogP contribution in [0.25, 0.3) is 0 Å².